The Morgan fingerprint density at radius 2 is 1.73 bits per heavy atom. The maximum absolute atomic E-state index is 14.4. The average molecular weight is 479 g/mol. The summed E-state index contributed by atoms with van der Waals surface area (Å²) in [4.78, 5) is 37.0. The second kappa shape index (κ2) is 8.25. The Balaban J connectivity index is 1.42. The molecule has 1 aliphatic carbocycles. The number of benzene rings is 1. The molecule has 158 valence electrons. The van der Waals surface area contributed by atoms with Gasteiger partial charge in [0, 0.05) is 37.1 Å². The Hall–Kier alpha value is -2.62. The van der Waals surface area contributed by atoms with E-state index in [1.54, 1.807) is 6.20 Å². The van der Waals surface area contributed by atoms with Crippen LogP contribution in [0.15, 0.2) is 35.1 Å². The van der Waals surface area contributed by atoms with Crippen LogP contribution in [0.3, 0.4) is 0 Å². The third kappa shape index (κ3) is 4.00. The molecule has 1 saturated carbocycles. The lowest BCUT2D eigenvalue weighted by atomic mass is 9.84. The third-order valence-corrected chi connectivity index (χ3v) is 6.40. The minimum atomic E-state index is -0.755. The number of rotatable bonds is 4. The minimum Gasteiger partial charge on any atom is -0.279 e. The van der Waals surface area contributed by atoms with Gasteiger partial charge >= 0.3 is 0 Å². The standard InChI is InChI=1S/C20H20BrFN4O4/c21-13-10-23-24(11-13)14-1-3-15(4-2-14)25-19(27)7-12(8-20(25)28)17-6-5-16(26(29)30)9-18(17)22/h5-6,9-12,14-15H,1-4,7-8H2. The molecule has 10 heteroatoms. The largest absolute Gasteiger partial charge is 0.279 e. The summed E-state index contributed by atoms with van der Waals surface area (Å²) in [5.41, 5.74) is -0.178. The van der Waals surface area contributed by atoms with Crippen LogP contribution in [0.5, 0.6) is 0 Å². The Morgan fingerprint density at radius 1 is 1.10 bits per heavy atom. The lowest BCUT2D eigenvalue weighted by Crippen LogP contribution is -2.50. The molecule has 1 aromatic carbocycles. The molecule has 4 rings (SSSR count). The van der Waals surface area contributed by atoms with E-state index in [4.69, 9.17) is 0 Å². The normalized spacial score (nSPS) is 23.1. The summed E-state index contributed by atoms with van der Waals surface area (Å²) in [7, 11) is 0. The molecule has 8 nitrogen and oxygen atoms in total. The molecule has 0 unspecified atom stereocenters. The monoisotopic (exact) mass is 478 g/mol. The molecule has 0 bridgehead atoms. The van der Waals surface area contributed by atoms with Crippen LogP contribution in [0.25, 0.3) is 0 Å². The number of hydrogen-bond acceptors (Lipinski definition) is 5. The number of non-ortho nitro benzene ring substituents is 1. The molecule has 1 aromatic heterocycles. The number of carbonyl (C=O) groups excluding carboxylic acids is 2. The van der Waals surface area contributed by atoms with Crippen LogP contribution in [-0.4, -0.2) is 37.5 Å². The van der Waals surface area contributed by atoms with Gasteiger partial charge in [0.25, 0.3) is 5.69 Å². The topological polar surface area (TPSA) is 98.3 Å². The molecule has 1 aliphatic heterocycles. The summed E-state index contributed by atoms with van der Waals surface area (Å²) in [5, 5.41) is 15.1. The van der Waals surface area contributed by atoms with E-state index in [1.807, 2.05) is 10.9 Å². The van der Waals surface area contributed by atoms with Crippen LogP contribution in [0, 0.1) is 15.9 Å². The van der Waals surface area contributed by atoms with Crippen LogP contribution < -0.4 is 0 Å². The molecular formula is C20H20BrFN4O4. The Bertz CT molecular complexity index is 984. The number of piperidine rings is 1. The van der Waals surface area contributed by atoms with Crippen molar-refractivity contribution in [2.45, 2.75) is 56.5 Å². The van der Waals surface area contributed by atoms with Crippen molar-refractivity contribution in [3.8, 4) is 0 Å². The first-order chi connectivity index (χ1) is 14.3. The highest BCUT2D eigenvalue weighted by Crippen LogP contribution is 2.37. The van der Waals surface area contributed by atoms with Crippen LogP contribution >= 0.6 is 15.9 Å². The average Bonchev–Trinajstić information content (AvgIpc) is 3.14. The number of nitrogens with zero attached hydrogens (tertiary/aromatic N) is 4. The summed E-state index contributed by atoms with van der Waals surface area (Å²) in [6.45, 7) is 0. The van der Waals surface area contributed by atoms with Gasteiger partial charge in [-0.25, -0.2) is 4.39 Å². The van der Waals surface area contributed by atoms with Crippen LogP contribution in [0.4, 0.5) is 10.1 Å². The van der Waals surface area contributed by atoms with Crippen molar-refractivity contribution in [3.63, 3.8) is 0 Å². The van der Waals surface area contributed by atoms with E-state index < -0.39 is 16.7 Å². The fourth-order valence-electron chi connectivity index (χ4n) is 4.51. The minimum absolute atomic E-state index is 0.0203. The number of nitro groups is 1. The molecular weight excluding hydrogens is 459 g/mol. The van der Waals surface area contributed by atoms with E-state index in [-0.39, 0.29) is 48.0 Å². The third-order valence-electron chi connectivity index (χ3n) is 5.99. The Kier molecular flexibility index (Phi) is 5.68. The number of aromatic nitrogens is 2. The highest BCUT2D eigenvalue weighted by atomic mass is 79.9. The molecule has 2 heterocycles. The maximum Gasteiger partial charge on any atom is 0.272 e. The van der Waals surface area contributed by atoms with E-state index in [1.165, 1.54) is 17.0 Å². The predicted molar refractivity (Wildman–Crippen MR) is 108 cm³/mol. The van der Waals surface area contributed by atoms with Gasteiger partial charge in [-0.1, -0.05) is 0 Å². The van der Waals surface area contributed by atoms with Gasteiger partial charge in [-0.05, 0) is 53.2 Å². The molecule has 2 aliphatic rings. The van der Waals surface area contributed by atoms with Gasteiger partial charge in [-0.2, -0.15) is 5.10 Å². The second-order valence-corrected chi connectivity index (χ2v) is 8.74. The predicted octanol–water partition coefficient (Wildman–Crippen LogP) is 4.11. The highest BCUT2D eigenvalue weighted by Gasteiger charge is 2.40. The number of carbonyl (C=O) groups is 2. The van der Waals surface area contributed by atoms with Crippen LogP contribution in [0.2, 0.25) is 0 Å². The molecule has 0 spiro atoms. The number of likely N-dealkylation sites (tertiary alicyclic amines) is 1. The molecule has 0 radical (unpaired) electrons. The Labute approximate surface area is 180 Å². The van der Waals surface area contributed by atoms with Crippen molar-refractivity contribution in [2.24, 2.45) is 0 Å². The number of amides is 2. The van der Waals surface area contributed by atoms with Gasteiger partial charge in [0.15, 0.2) is 0 Å². The zero-order valence-corrected chi connectivity index (χ0v) is 17.6. The molecule has 1 saturated heterocycles. The SMILES string of the molecule is O=C1CC(c2ccc([N+](=O)[O-])cc2F)CC(=O)N1C1CCC(n2cc(Br)cn2)CC1. The highest BCUT2D eigenvalue weighted by molar-refractivity contribution is 9.10. The first-order valence-electron chi connectivity index (χ1n) is 9.82. The molecule has 2 amide bonds. The number of imide groups is 1. The summed E-state index contributed by atoms with van der Waals surface area (Å²) in [6, 6.07) is 3.44. The summed E-state index contributed by atoms with van der Waals surface area (Å²) >= 11 is 3.39. The summed E-state index contributed by atoms with van der Waals surface area (Å²) in [6.07, 6.45) is 6.74. The lowest BCUT2D eigenvalue weighted by molar-refractivity contribution is -0.385. The van der Waals surface area contributed by atoms with E-state index in [0.717, 1.165) is 23.4 Å². The first kappa shape index (κ1) is 20.6. The zero-order valence-electron chi connectivity index (χ0n) is 16.0. The molecule has 0 N–H and O–H groups in total. The fourth-order valence-corrected chi connectivity index (χ4v) is 4.81. The number of halogens is 2. The first-order valence-corrected chi connectivity index (χ1v) is 10.6. The van der Waals surface area contributed by atoms with E-state index in [2.05, 4.69) is 21.0 Å². The van der Waals surface area contributed by atoms with Gasteiger partial charge in [-0.15, -0.1) is 0 Å². The van der Waals surface area contributed by atoms with Gasteiger partial charge < -0.3 is 0 Å². The molecule has 2 aromatic rings. The van der Waals surface area contributed by atoms with Gasteiger partial charge in [-0.3, -0.25) is 29.3 Å². The van der Waals surface area contributed by atoms with Gasteiger partial charge in [0.1, 0.15) is 5.82 Å². The quantitative estimate of drug-likeness (QED) is 0.374. The van der Waals surface area contributed by atoms with E-state index in [9.17, 15) is 24.1 Å². The molecule has 2 fully saturated rings. The van der Waals surface area contributed by atoms with Crippen molar-refractivity contribution in [1.29, 1.82) is 0 Å². The maximum atomic E-state index is 14.4. The fraction of sp³-hybridized carbons (Fsp3) is 0.450. The van der Waals surface area contributed by atoms with Crippen LogP contribution in [0.1, 0.15) is 56.0 Å². The van der Waals surface area contributed by atoms with E-state index >= 15 is 0 Å². The smallest absolute Gasteiger partial charge is 0.272 e. The van der Waals surface area contributed by atoms with E-state index in [0.29, 0.717) is 12.8 Å². The second-order valence-electron chi connectivity index (χ2n) is 7.83. The van der Waals surface area contributed by atoms with Crippen LogP contribution in [-0.2, 0) is 9.59 Å². The molecule has 0 atom stereocenters. The Morgan fingerprint density at radius 3 is 2.27 bits per heavy atom. The van der Waals surface area contributed by atoms with Gasteiger partial charge in [0.05, 0.1) is 27.7 Å². The number of hydrogen-bond donors (Lipinski definition) is 0. The zero-order chi connectivity index (χ0) is 21.4. The van der Waals surface area contributed by atoms with Gasteiger partial charge in [0.2, 0.25) is 11.8 Å². The molecule has 30 heavy (non-hydrogen) atoms. The number of nitro benzene ring substituents is 1. The van der Waals surface area contributed by atoms with Crippen molar-refractivity contribution < 1.29 is 18.9 Å². The lowest BCUT2D eigenvalue weighted by Gasteiger charge is -2.39. The van der Waals surface area contributed by atoms with Crippen molar-refractivity contribution in [3.05, 3.63) is 56.6 Å². The summed E-state index contributed by atoms with van der Waals surface area (Å²) < 4.78 is 17.2. The van der Waals surface area contributed by atoms with Crippen molar-refractivity contribution in [2.75, 3.05) is 0 Å². The summed E-state index contributed by atoms with van der Waals surface area (Å²) in [5.74, 6) is -1.97. The van der Waals surface area contributed by atoms with Crippen molar-refractivity contribution >= 4 is 33.4 Å². The van der Waals surface area contributed by atoms with Crippen molar-refractivity contribution in [1.82, 2.24) is 14.7 Å².